The van der Waals surface area contributed by atoms with Gasteiger partial charge in [0, 0.05) is 44.0 Å². The quantitative estimate of drug-likeness (QED) is 0.650. The first-order valence-electron chi connectivity index (χ1n) is 10.5. The van der Waals surface area contributed by atoms with E-state index in [4.69, 9.17) is 0 Å². The highest BCUT2D eigenvalue weighted by atomic mass is 16.2. The summed E-state index contributed by atoms with van der Waals surface area (Å²) < 4.78 is 0. The van der Waals surface area contributed by atoms with Crippen molar-refractivity contribution in [3.8, 4) is 0 Å². The zero-order valence-electron chi connectivity index (χ0n) is 17.0. The highest BCUT2D eigenvalue weighted by molar-refractivity contribution is 6.21. The van der Waals surface area contributed by atoms with E-state index in [0.717, 1.165) is 23.0 Å². The molecule has 0 unspecified atom stereocenters. The summed E-state index contributed by atoms with van der Waals surface area (Å²) in [5.74, 6) is -0.499. The number of carbonyl (C=O) groups excluding carboxylic acids is 3. The van der Waals surface area contributed by atoms with Crippen LogP contribution in [0.2, 0.25) is 0 Å². The molecule has 31 heavy (non-hydrogen) atoms. The molecule has 4 heterocycles. The first-order valence-corrected chi connectivity index (χ1v) is 10.5. The van der Waals surface area contributed by atoms with Crippen molar-refractivity contribution in [2.45, 2.75) is 19.3 Å². The SMILES string of the molecule is O=C(CCCN1C(=O)c2ccccc2C1=O)N1CC=C(c2c[nH]c3cccnc23)CC1. The minimum absolute atomic E-state index is 0.0453. The standard InChI is InChI=1S/C24H22N4O3/c29-21(8-4-12-28-23(30)17-5-1-2-6-18(17)24(28)31)27-13-9-16(10-14-27)19-15-26-20-7-3-11-25-22(19)20/h1-3,5-7,9,11,15,26H,4,8,10,12-14H2. The third-order valence-corrected chi connectivity index (χ3v) is 5.99. The van der Waals surface area contributed by atoms with E-state index in [0.29, 0.717) is 37.1 Å². The summed E-state index contributed by atoms with van der Waals surface area (Å²) in [6.45, 7) is 1.46. The average molecular weight is 414 g/mol. The van der Waals surface area contributed by atoms with Gasteiger partial charge in [-0.05, 0) is 42.7 Å². The van der Waals surface area contributed by atoms with E-state index in [2.05, 4.69) is 16.0 Å². The van der Waals surface area contributed by atoms with Crippen LogP contribution in [-0.4, -0.2) is 57.1 Å². The molecule has 1 N–H and O–H groups in total. The molecule has 0 fully saturated rings. The van der Waals surface area contributed by atoms with Crippen molar-refractivity contribution in [2.24, 2.45) is 0 Å². The minimum Gasteiger partial charge on any atom is -0.359 e. The molecule has 2 aliphatic rings. The van der Waals surface area contributed by atoms with E-state index in [1.807, 2.05) is 23.2 Å². The highest BCUT2D eigenvalue weighted by Crippen LogP contribution is 2.28. The van der Waals surface area contributed by atoms with E-state index in [1.54, 1.807) is 30.5 Å². The van der Waals surface area contributed by atoms with Crippen molar-refractivity contribution in [3.63, 3.8) is 0 Å². The number of aromatic nitrogens is 2. The van der Waals surface area contributed by atoms with Crippen molar-refractivity contribution < 1.29 is 14.4 Å². The second-order valence-corrected chi connectivity index (χ2v) is 7.83. The van der Waals surface area contributed by atoms with Crippen LogP contribution >= 0.6 is 0 Å². The summed E-state index contributed by atoms with van der Waals surface area (Å²) in [7, 11) is 0. The zero-order chi connectivity index (χ0) is 21.4. The molecular formula is C24H22N4O3. The molecule has 0 atom stereocenters. The van der Waals surface area contributed by atoms with E-state index >= 15 is 0 Å². The first kappa shape index (κ1) is 19.2. The van der Waals surface area contributed by atoms with Crippen molar-refractivity contribution in [2.75, 3.05) is 19.6 Å². The maximum absolute atomic E-state index is 12.6. The van der Waals surface area contributed by atoms with E-state index in [1.165, 1.54) is 10.5 Å². The monoisotopic (exact) mass is 414 g/mol. The number of amides is 3. The predicted octanol–water partition coefficient (Wildman–Crippen LogP) is 3.26. The number of pyridine rings is 1. The van der Waals surface area contributed by atoms with Crippen molar-refractivity contribution in [3.05, 3.63) is 71.6 Å². The Morgan fingerprint density at radius 1 is 1.03 bits per heavy atom. The fraction of sp³-hybridized carbons (Fsp3) is 0.250. The molecule has 5 rings (SSSR count). The van der Waals surface area contributed by atoms with E-state index < -0.39 is 0 Å². The second kappa shape index (κ2) is 7.83. The highest BCUT2D eigenvalue weighted by Gasteiger charge is 2.34. The van der Waals surface area contributed by atoms with E-state index in [9.17, 15) is 14.4 Å². The number of imide groups is 1. The van der Waals surface area contributed by atoms with Gasteiger partial charge in [-0.2, -0.15) is 0 Å². The smallest absolute Gasteiger partial charge is 0.261 e. The number of rotatable bonds is 5. The third-order valence-electron chi connectivity index (χ3n) is 5.99. The number of benzene rings is 1. The van der Waals surface area contributed by atoms with Gasteiger partial charge >= 0.3 is 0 Å². The first-order chi connectivity index (χ1) is 15.1. The Morgan fingerprint density at radius 3 is 2.52 bits per heavy atom. The number of nitrogens with zero attached hydrogens (tertiary/aromatic N) is 3. The molecule has 1 aromatic carbocycles. The molecule has 0 saturated heterocycles. The molecule has 7 nitrogen and oxygen atoms in total. The van der Waals surface area contributed by atoms with Gasteiger partial charge in [-0.3, -0.25) is 24.3 Å². The lowest BCUT2D eigenvalue weighted by molar-refractivity contribution is -0.130. The van der Waals surface area contributed by atoms with Gasteiger partial charge in [-0.25, -0.2) is 0 Å². The Balaban J connectivity index is 1.17. The fourth-order valence-corrected chi connectivity index (χ4v) is 4.33. The summed E-state index contributed by atoms with van der Waals surface area (Å²) in [4.78, 5) is 48.3. The average Bonchev–Trinajstić information content (AvgIpc) is 3.34. The Labute approximate surface area is 179 Å². The summed E-state index contributed by atoms with van der Waals surface area (Å²) in [5, 5.41) is 0. The molecular weight excluding hydrogens is 392 g/mol. The molecule has 0 saturated carbocycles. The van der Waals surface area contributed by atoms with Crippen LogP contribution in [0.4, 0.5) is 0 Å². The molecule has 156 valence electrons. The minimum atomic E-state index is -0.272. The van der Waals surface area contributed by atoms with Crippen molar-refractivity contribution >= 4 is 34.3 Å². The van der Waals surface area contributed by atoms with Crippen LogP contribution in [0.5, 0.6) is 0 Å². The predicted molar refractivity (Wildman–Crippen MR) is 116 cm³/mol. The molecule has 7 heteroatoms. The molecule has 0 aliphatic carbocycles. The van der Waals surface area contributed by atoms with Crippen LogP contribution in [-0.2, 0) is 4.79 Å². The number of H-pyrrole nitrogens is 1. The number of aromatic amines is 1. The van der Waals surface area contributed by atoms with E-state index in [-0.39, 0.29) is 24.3 Å². The lowest BCUT2D eigenvalue weighted by Crippen LogP contribution is -2.36. The van der Waals surface area contributed by atoms with Crippen LogP contribution in [0.25, 0.3) is 16.6 Å². The molecule has 2 aromatic heterocycles. The molecule has 3 aromatic rings. The lowest BCUT2D eigenvalue weighted by Gasteiger charge is -2.26. The largest absolute Gasteiger partial charge is 0.359 e. The van der Waals surface area contributed by atoms with Crippen molar-refractivity contribution in [1.82, 2.24) is 19.8 Å². The maximum atomic E-state index is 12.6. The number of hydrogen-bond donors (Lipinski definition) is 1. The van der Waals surface area contributed by atoms with Crippen LogP contribution in [0.1, 0.15) is 45.5 Å². The van der Waals surface area contributed by atoms with Gasteiger partial charge in [0.25, 0.3) is 11.8 Å². The third kappa shape index (κ3) is 3.42. The van der Waals surface area contributed by atoms with Gasteiger partial charge in [0.1, 0.15) is 0 Å². The second-order valence-electron chi connectivity index (χ2n) is 7.83. The summed E-state index contributed by atoms with van der Waals surface area (Å²) in [6, 6.07) is 10.7. The fourth-order valence-electron chi connectivity index (χ4n) is 4.33. The van der Waals surface area contributed by atoms with Crippen LogP contribution in [0.15, 0.2) is 54.9 Å². The Kier molecular flexibility index (Phi) is 4.86. The number of nitrogens with one attached hydrogen (secondary N) is 1. The normalized spacial score (nSPS) is 16.1. The zero-order valence-corrected chi connectivity index (χ0v) is 17.0. The van der Waals surface area contributed by atoms with Gasteiger partial charge in [0.15, 0.2) is 0 Å². The van der Waals surface area contributed by atoms with Gasteiger partial charge in [0.05, 0.1) is 22.2 Å². The number of carbonyl (C=O) groups is 3. The number of hydrogen-bond acceptors (Lipinski definition) is 4. The number of fused-ring (bicyclic) bond motifs is 2. The van der Waals surface area contributed by atoms with Crippen molar-refractivity contribution in [1.29, 1.82) is 0 Å². The summed E-state index contributed by atoms with van der Waals surface area (Å²) in [6.07, 6.45) is 7.39. The lowest BCUT2D eigenvalue weighted by atomic mass is 10.0. The van der Waals surface area contributed by atoms with Crippen LogP contribution in [0.3, 0.4) is 0 Å². The topological polar surface area (TPSA) is 86.4 Å². The summed E-state index contributed by atoms with van der Waals surface area (Å²) in [5.41, 5.74) is 5.13. The molecule has 0 bridgehead atoms. The Morgan fingerprint density at radius 2 is 1.81 bits per heavy atom. The summed E-state index contributed by atoms with van der Waals surface area (Å²) >= 11 is 0. The van der Waals surface area contributed by atoms with Crippen LogP contribution < -0.4 is 0 Å². The molecule has 0 spiro atoms. The Bertz CT molecular complexity index is 1190. The Hall–Kier alpha value is -3.74. The molecule has 3 amide bonds. The van der Waals surface area contributed by atoms with Gasteiger partial charge < -0.3 is 9.88 Å². The van der Waals surface area contributed by atoms with Gasteiger partial charge in [-0.15, -0.1) is 0 Å². The maximum Gasteiger partial charge on any atom is 0.261 e. The van der Waals surface area contributed by atoms with Gasteiger partial charge in [-0.1, -0.05) is 18.2 Å². The van der Waals surface area contributed by atoms with Gasteiger partial charge in [0.2, 0.25) is 5.91 Å². The van der Waals surface area contributed by atoms with Crippen LogP contribution in [0, 0.1) is 0 Å². The molecule has 2 aliphatic heterocycles. The molecule has 0 radical (unpaired) electrons.